The number of hydrogen-bond acceptors (Lipinski definition) is 11. The molecule has 0 unspecified atom stereocenters. The summed E-state index contributed by atoms with van der Waals surface area (Å²) in [6.45, 7) is 1.22. The molecule has 5 N–H and O–H groups in total. The molecule has 1 aromatic heterocycles. The molecular formula is C23H22N6O7. The van der Waals surface area contributed by atoms with Crippen molar-refractivity contribution in [3.63, 3.8) is 0 Å². The largest absolute Gasteiger partial charge is 0.504 e. The van der Waals surface area contributed by atoms with Crippen LogP contribution >= 0.6 is 0 Å². The molecule has 0 saturated heterocycles. The SMILES string of the molecule is CNCCNC(=O)c1ccc(Nc2ccc([N+](=O)[O-])c3nonc23)cc1.O=Cc1ccc(O)c(O)c1. The third kappa shape index (κ3) is 6.30. The molecule has 4 aromatic rings. The predicted molar refractivity (Wildman–Crippen MR) is 130 cm³/mol. The van der Waals surface area contributed by atoms with Gasteiger partial charge in [0.05, 0.1) is 10.6 Å². The zero-order valence-corrected chi connectivity index (χ0v) is 19.0. The Balaban J connectivity index is 0.000000303. The van der Waals surface area contributed by atoms with Crippen LogP contribution in [0.15, 0.2) is 59.2 Å². The van der Waals surface area contributed by atoms with E-state index in [0.29, 0.717) is 41.9 Å². The van der Waals surface area contributed by atoms with Crippen molar-refractivity contribution in [3.05, 3.63) is 75.8 Å². The summed E-state index contributed by atoms with van der Waals surface area (Å²) in [7, 11) is 1.81. The molecule has 0 bridgehead atoms. The predicted octanol–water partition coefficient (Wildman–Crippen LogP) is 2.73. The van der Waals surface area contributed by atoms with Crippen molar-refractivity contribution >= 4 is 40.3 Å². The van der Waals surface area contributed by atoms with E-state index in [-0.39, 0.29) is 34.1 Å². The van der Waals surface area contributed by atoms with Gasteiger partial charge in [-0.3, -0.25) is 19.7 Å². The minimum atomic E-state index is -0.544. The molecule has 0 fully saturated rings. The fourth-order valence-corrected chi connectivity index (χ4v) is 2.98. The molecule has 4 rings (SSSR count). The number of nitro benzene ring substituents is 1. The molecule has 0 aliphatic heterocycles. The number of carbonyl (C=O) groups excluding carboxylic acids is 2. The highest BCUT2D eigenvalue weighted by Gasteiger charge is 2.19. The Morgan fingerprint density at radius 3 is 2.39 bits per heavy atom. The minimum absolute atomic E-state index is 0.0699. The number of phenols is 2. The van der Waals surface area contributed by atoms with Gasteiger partial charge >= 0.3 is 5.69 Å². The highest BCUT2D eigenvalue weighted by atomic mass is 16.6. The number of nitro groups is 1. The monoisotopic (exact) mass is 494 g/mol. The van der Waals surface area contributed by atoms with Crippen LogP contribution in [-0.2, 0) is 0 Å². The van der Waals surface area contributed by atoms with Gasteiger partial charge in [0.2, 0.25) is 5.52 Å². The number of fused-ring (bicyclic) bond motifs is 1. The Morgan fingerprint density at radius 2 is 1.75 bits per heavy atom. The summed E-state index contributed by atoms with van der Waals surface area (Å²) in [5.41, 5.74) is 2.22. The minimum Gasteiger partial charge on any atom is -0.504 e. The van der Waals surface area contributed by atoms with Crippen LogP contribution in [0.2, 0.25) is 0 Å². The first kappa shape index (κ1) is 25.6. The van der Waals surface area contributed by atoms with E-state index >= 15 is 0 Å². The van der Waals surface area contributed by atoms with Crippen molar-refractivity contribution in [2.24, 2.45) is 0 Å². The van der Waals surface area contributed by atoms with Gasteiger partial charge < -0.3 is 26.2 Å². The van der Waals surface area contributed by atoms with Gasteiger partial charge in [-0.2, -0.15) is 0 Å². The van der Waals surface area contributed by atoms with Crippen LogP contribution in [-0.4, -0.2) is 57.8 Å². The topological polar surface area (TPSA) is 193 Å². The van der Waals surface area contributed by atoms with E-state index in [4.69, 9.17) is 10.2 Å². The first-order valence-electron chi connectivity index (χ1n) is 10.5. The fraction of sp³-hybridized carbons (Fsp3) is 0.130. The average Bonchev–Trinajstić information content (AvgIpc) is 3.37. The maximum Gasteiger partial charge on any atom is 0.300 e. The number of aromatic hydroxyl groups is 2. The van der Waals surface area contributed by atoms with Crippen molar-refractivity contribution in [2.75, 3.05) is 25.5 Å². The van der Waals surface area contributed by atoms with Crippen molar-refractivity contribution in [1.29, 1.82) is 0 Å². The second-order valence-corrected chi connectivity index (χ2v) is 7.28. The molecule has 0 aliphatic rings. The molecule has 13 heteroatoms. The molecular weight excluding hydrogens is 472 g/mol. The summed E-state index contributed by atoms with van der Waals surface area (Å²) < 4.78 is 4.63. The number of phenolic OH excluding ortho intramolecular Hbond substituents is 2. The molecule has 0 saturated carbocycles. The van der Waals surface area contributed by atoms with Gasteiger partial charge in [0.25, 0.3) is 5.91 Å². The van der Waals surface area contributed by atoms with Gasteiger partial charge in [-0.05, 0) is 65.9 Å². The number of amides is 1. The normalized spacial score (nSPS) is 10.2. The molecule has 0 atom stereocenters. The molecule has 36 heavy (non-hydrogen) atoms. The van der Waals surface area contributed by atoms with Gasteiger partial charge in [0.1, 0.15) is 6.29 Å². The second kappa shape index (κ2) is 11.9. The molecule has 13 nitrogen and oxygen atoms in total. The maximum absolute atomic E-state index is 12.0. The van der Waals surface area contributed by atoms with Crippen LogP contribution in [0.4, 0.5) is 17.1 Å². The molecule has 0 aliphatic carbocycles. The number of aldehydes is 1. The van der Waals surface area contributed by atoms with E-state index in [0.717, 1.165) is 0 Å². The number of benzene rings is 3. The number of likely N-dealkylation sites (N-methyl/N-ethyl adjacent to an activating group) is 1. The number of nitrogens with one attached hydrogen (secondary N) is 3. The van der Waals surface area contributed by atoms with Crippen molar-refractivity contribution < 1.29 is 29.4 Å². The lowest BCUT2D eigenvalue weighted by molar-refractivity contribution is -0.383. The molecule has 1 heterocycles. The lowest BCUT2D eigenvalue weighted by Crippen LogP contribution is -2.30. The molecule has 186 valence electrons. The quantitative estimate of drug-likeness (QED) is 0.0795. The Morgan fingerprint density at radius 1 is 1.03 bits per heavy atom. The summed E-state index contributed by atoms with van der Waals surface area (Å²) in [4.78, 5) is 32.5. The van der Waals surface area contributed by atoms with Gasteiger partial charge in [-0.25, -0.2) is 4.63 Å². The first-order chi connectivity index (χ1) is 17.3. The Hall–Kier alpha value is -5.04. The Kier molecular flexibility index (Phi) is 8.45. The van der Waals surface area contributed by atoms with E-state index in [1.807, 2.05) is 7.05 Å². The summed E-state index contributed by atoms with van der Waals surface area (Å²) in [6, 6.07) is 13.6. The smallest absolute Gasteiger partial charge is 0.300 e. The van der Waals surface area contributed by atoms with Crippen molar-refractivity contribution in [3.8, 4) is 11.5 Å². The summed E-state index contributed by atoms with van der Waals surface area (Å²) in [6.07, 6.45) is 0.596. The third-order valence-electron chi connectivity index (χ3n) is 4.81. The number of anilines is 2. The van der Waals surface area contributed by atoms with E-state index < -0.39 is 4.92 Å². The van der Waals surface area contributed by atoms with Gasteiger partial charge in [0, 0.05) is 36.0 Å². The van der Waals surface area contributed by atoms with Crippen LogP contribution < -0.4 is 16.0 Å². The summed E-state index contributed by atoms with van der Waals surface area (Å²) >= 11 is 0. The number of aromatic nitrogens is 2. The second-order valence-electron chi connectivity index (χ2n) is 7.28. The molecule has 0 spiro atoms. The number of non-ortho nitro benzene ring substituents is 1. The van der Waals surface area contributed by atoms with Crippen molar-refractivity contribution in [1.82, 2.24) is 20.9 Å². The molecule has 0 radical (unpaired) electrons. The van der Waals surface area contributed by atoms with Crippen LogP contribution in [0.3, 0.4) is 0 Å². The Bertz CT molecular complexity index is 1370. The first-order valence-corrected chi connectivity index (χ1v) is 10.5. The summed E-state index contributed by atoms with van der Waals surface area (Å²) in [5.74, 6) is -0.652. The summed E-state index contributed by atoms with van der Waals surface area (Å²) in [5, 5.41) is 44.7. The standard InChI is InChI=1S/C16H16N6O4.C7H6O3/c1-17-8-9-18-16(23)10-2-4-11(5-3-10)19-12-6-7-13(22(24)25)15-14(12)20-26-21-15;8-4-5-1-2-6(9)7(10)3-5/h2-7,17,19H,8-9H2,1H3,(H,18,23);1-4,9-10H. The number of hydrogen-bond donors (Lipinski definition) is 5. The fourth-order valence-electron chi connectivity index (χ4n) is 2.98. The van der Waals surface area contributed by atoms with Crippen molar-refractivity contribution in [2.45, 2.75) is 0 Å². The van der Waals surface area contributed by atoms with Gasteiger partial charge in [-0.1, -0.05) is 0 Å². The van der Waals surface area contributed by atoms with E-state index in [1.165, 1.54) is 30.3 Å². The third-order valence-corrected chi connectivity index (χ3v) is 4.81. The van der Waals surface area contributed by atoms with Gasteiger partial charge in [-0.15, -0.1) is 0 Å². The van der Waals surface area contributed by atoms with Crippen LogP contribution in [0.1, 0.15) is 20.7 Å². The maximum atomic E-state index is 12.0. The molecule has 1 amide bonds. The Labute approximate surface area is 203 Å². The van der Waals surface area contributed by atoms with Crippen LogP contribution in [0.5, 0.6) is 11.5 Å². The zero-order valence-electron chi connectivity index (χ0n) is 19.0. The number of nitrogens with zero attached hydrogens (tertiary/aromatic N) is 3. The average molecular weight is 494 g/mol. The number of carbonyl (C=O) groups is 2. The molecule has 3 aromatic carbocycles. The highest BCUT2D eigenvalue weighted by molar-refractivity contribution is 5.96. The number of rotatable bonds is 8. The van der Waals surface area contributed by atoms with E-state index in [9.17, 15) is 19.7 Å². The van der Waals surface area contributed by atoms with Gasteiger partial charge in [0.15, 0.2) is 17.0 Å². The van der Waals surface area contributed by atoms with E-state index in [2.05, 4.69) is 30.9 Å². The highest BCUT2D eigenvalue weighted by Crippen LogP contribution is 2.30. The zero-order chi connectivity index (χ0) is 26.1. The van der Waals surface area contributed by atoms with Crippen LogP contribution in [0, 0.1) is 10.1 Å². The lowest BCUT2D eigenvalue weighted by Gasteiger charge is -2.08. The van der Waals surface area contributed by atoms with E-state index in [1.54, 1.807) is 24.3 Å². The van der Waals surface area contributed by atoms with Crippen LogP contribution in [0.25, 0.3) is 11.0 Å². The lowest BCUT2D eigenvalue weighted by atomic mass is 10.1.